The maximum absolute atomic E-state index is 12.7. The van der Waals surface area contributed by atoms with Crippen LogP contribution in [0.3, 0.4) is 0 Å². The summed E-state index contributed by atoms with van der Waals surface area (Å²) < 4.78 is 0. The van der Waals surface area contributed by atoms with E-state index in [9.17, 15) is 39.0 Å². The zero-order valence-electron chi connectivity index (χ0n) is 19.0. The minimum absolute atomic E-state index is 0.0241. The number of aliphatic carboxylic acids is 1. The first-order valence-electron chi connectivity index (χ1n) is 10.5. The fourth-order valence-electron chi connectivity index (χ4n) is 2.86. The minimum Gasteiger partial charge on any atom is -0.508 e. The highest BCUT2D eigenvalue weighted by Crippen LogP contribution is 2.11. The molecule has 0 bridgehead atoms. The third-order valence-electron chi connectivity index (χ3n) is 4.82. The molecule has 0 aliphatic carbocycles. The summed E-state index contributed by atoms with van der Waals surface area (Å²) >= 11 is 0. The zero-order chi connectivity index (χ0) is 26.7. The third-order valence-corrected chi connectivity index (χ3v) is 4.82. The van der Waals surface area contributed by atoms with Crippen molar-refractivity contribution in [3.8, 4) is 5.75 Å². The molecule has 1 rings (SSSR count). The van der Waals surface area contributed by atoms with Crippen molar-refractivity contribution < 1.29 is 39.0 Å². The van der Waals surface area contributed by atoms with Crippen LogP contribution in [0.1, 0.15) is 31.7 Å². The molecule has 11 N–H and O–H groups in total. The van der Waals surface area contributed by atoms with Crippen LogP contribution < -0.4 is 33.2 Å². The monoisotopic (exact) mass is 494 g/mol. The fourth-order valence-corrected chi connectivity index (χ4v) is 2.86. The van der Waals surface area contributed by atoms with Gasteiger partial charge in [-0.25, -0.2) is 4.79 Å². The van der Waals surface area contributed by atoms with E-state index in [1.807, 2.05) is 0 Å². The number of hydrogen-bond donors (Lipinski definition) is 8. The molecule has 4 atom stereocenters. The number of nitrogens with two attached hydrogens (primary N) is 3. The van der Waals surface area contributed by atoms with Crippen molar-refractivity contribution in [3.05, 3.63) is 29.8 Å². The number of carboxylic acids is 1. The van der Waals surface area contributed by atoms with E-state index >= 15 is 0 Å². The molecular formula is C21H30N6O8. The molecule has 0 saturated heterocycles. The van der Waals surface area contributed by atoms with E-state index in [2.05, 4.69) is 16.0 Å². The second-order valence-corrected chi connectivity index (χ2v) is 7.84. The number of benzene rings is 1. The molecular weight excluding hydrogens is 464 g/mol. The molecule has 192 valence electrons. The van der Waals surface area contributed by atoms with Crippen molar-refractivity contribution in [1.29, 1.82) is 0 Å². The summed E-state index contributed by atoms with van der Waals surface area (Å²) in [6, 6.07) is 0.390. The first-order valence-corrected chi connectivity index (χ1v) is 10.5. The number of carboxylic acid groups (broad SMARTS) is 1. The van der Waals surface area contributed by atoms with Gasteiger partial charge in [-0.1, -0.05) is 12.1 Å². The van der Waals surface area contributed by atoms with Gasteiger partial charge in [0.15, 0.2) is 0 Å². The van der Waals surface area contributed by atoms with Gasteiger partial charge in [-0.15, -0.1) is 0 Å². The molecule has 35 heavy (non-hydrogen) atoms. The number of carbonyl (C=O) groups excluding carboxylic acids is 5. The van der Waals surface area contributed by atoms with E-state index < -0.39 is 66.1 Å². The Morgan fingerprint density at radius 3 is 1.94 bits per heavy atom. The van der Waals surface area contributed by atoms with Crippen LogP contribution in [0, 0.1) is 0 Å². The van der Waals surface area contributed by atoms with E-state index in [1.54, 1.807) is 0 Å². The Morgan fingerprint density at radius 1 is 0.857 bits per heavy atom. The molecule has 14 heteroatoms. The van der Waals surface area contributed by atoms with Crippen LogP contribution in [0.5, 0.6) is 5.75 Å². The summed E-state index contributed by atoms with van der Waals surface area (Å²) in [5.41, 5.74) is 16.3. The number of primary amides is 2. The molecule has 4 unspecified atom stereocenters. The van der Waals surface area contributed by atoms with Gasteiger partial charge in [-0.2, -0.15) is 0 Å². The number of amides is 5. The maximum atomic E-state index is 12.7. The number of rotatable bonds is 14. The summed E-state index contributed by atoms with van der Waals surface area (Å²) in [7, 11) is 0. The van der Waals surface area contributed by atoms with Gasteiger partial charge < -0.3 is 43.4 Å². The molecule has 0 spiro atoms. The number of phenolic OH excluding ortho intramolecular Hbond substituents is 1. The van der Waals surface area contributed by atoms with Crippen molar-refractivity contribution in [3.63, 3.8) is 0 Å². The molecule has 0 fully saturated rings. The lowest BCUT2D eigenvalue weighted by atomic mass is 10.0. The van der Waals surface area contributed by atoms with Gasteiger partial charge in [0, 0.05) is 12.8 Å². The number of aromatic hydroxyl groups is 1. The standard InChI is InChI=1S/C21H30N6O8/c1-10(25-19(32)13(22)6-7-16(23)29)18(31)26-14(9-17(24)30)20(33)27-15(21(34)35)8-11-2-4-12(28)5-3-11/h2-5,10,13-15,28H,6-9,22H2,1H3,(H2,23,29)(H2,24,30)(H,25,32)(H,26,31)(H,27,33)(H,34,35). The highest BCUT2D eigenvalue weighted by Gasteiger charge is 2.30. The average Bonchev–Trinajstić information content (AvgIpc) is 2.77. The first kappa shape index (κ1) is 28.8. The second-order valence-electron chi connectivity index (χ2n) is 7.84. The molecule has 0 saturated carbocycles. The van der Waals surface area contributed by atoms with Crippen LogP contribution in [-0.4, -0.2) is 69.9 Å². The average molecular weight is 495 g/mol. The quantitative estimate of drug-likeness (QED) is 0.130. The van der Waals surface area contributed by atoms with Crippen LogP contribution in [0.15, 0.2) is 24.3 Å². The predicted molar refractivity (Wildman–Crippen MR) is 121 cm³/mol. The van der Waals surface area contributed by atoms with Crippen LogP contribution in [0.4, 0.5) is 0 Å². The van der Waals surface area contributed by atoms with Gasteiger partial charge in [0.05, 0.1) is 12.5 Å². The number of hydrogen-bond acceptors (Lipinski definition) is 8. The lowest BCUT2D eigenvalue weighted by Gasteiger charge is -2.23. The SMILES string of the molecule is CC(NC(=O)C(N)CCC(N)=O)C(=O)NC(CC(N)=O)C(=O)NC(Cc1ccc(O)cc1)C(=O)O. The Hall–Kier alpha value is -4.20. The normalized spacial score (nSPS) is 14.0. The largest absolute Gasteiger partial charge is 0.508 e. The van der Waals surface area contributed by atoms with E-state index in [0.29, 0.717) is 5.56 Å². The highest BCUT2D eigenvalue weighted by molar-refractivity contribution is 5.96. The Kier molecular flexibility index (Phi) is 11.1. The van der Waals surface area contributed by atoms with Crippen LogP contribution >= 0.6 is 0 Å². The molecule has 0 aliphatic rings. The van der Waals surface area contributed by atoms with Crippen LogP contribution in [0.2, 0.25) is 0 Å². The van der Waals surface area contributed by atoms with Crippen molar-refractivity contribution in [2.24, 2.45) is 17.2 Å². The van der Waals surface area contributed by atoms with Gasteiger partial charge in [-0.3, -0.25) is 24.0 Å². The Balaban J connectivity index is 2.83. The van der Waals surface area contributed by atoms with Gasteiger partial charge >= 0.3 is 5.97 Å². The lowest BCUT2D eigenvalue weighted by molar-refractivity contribution is -0.142. The van der Waals surface area contributed by atoms with E-state index in [-0.39, 0.29) is 25.0 Å². The second kappa shape index (κ2) is 13.5. The number of carbonyl (C=O) groups is 6. The van der Waals surface area contributed by atoms with Crippen molar-refractivity contribution >= 4 is 35.5 Å². The van der Waals surface area contributed by atoms with Gasteiger partial charge in [0.25, 0.3) is 0 Å². The molecule has 0 radical (unpaired) electrons. The van der Waals surface area contributed by atoms with Crippen molar-refractivity contribution in [1.82, 2.24) is 16.0 Å². The summed E-state index contributed by atoms with van der Waals surface area (Å²) in [4.78, 5) is 71.1. The molecule has 1 aromatic carbocycles. The minimum atomic E-state index is -1.52. The maximum Gasteiger partial charge on any atom is 0.326 e. The lowest BCUT2D eigenvalue weighted by Crippen LogP contribution is -2.57. The fraction of sp³-hybridized carbons (Fsp3) is 0.429. The Morgan fingerprint density at radius 2 is 1.43 bits per heavy atom. The molecule has 5 amide bonds. The third kappa shape index (κ3) is 10.5. The molecule has 14 nitrogen and oxygen atoms in total. The van der Waals surface area contributed by atoms with Crippen LogP contribution in [0.25, 0.3) is 0 Å². The summed E-state index contributed by atoms with van der Waals surface area (Å²) in [6.07, 6.45) is -0.957. The van der Waals surface area contributed by atoms with E-state index in [4.69, 9.17) is 17.2 Å². The van der Waals surface area contributed by atoms with Gasteiger partial charge in [-0.05, 0) is 31.0 Å². The van der Waals surface area contributed by atoms with Crippen molar-refractivity contribution in [2.45, 2.75) is 56.8 Å². The molecule has 0 aromatic heterocycles. The van der Waals surface area contributed by atoms with Gasteiger partial charge in [0.2, 0.25) is 29.5 Å². The van der Waals surface area contributed by atoms with E-state index in [1.165, 1.54) is 31.2 Å². The van der Waals surface area contributed by atoms with Crippen LogP contribution in [-0.2, 0) is 35.2 Å². The summed E-state index contributed by atoms with van der Waals surface area (Å²) in [5, 5.41) is 25.6. The molecule has 0 heterocycles. The first-order chi connectivity index (χ1) is 16.3. The van der Waals surface area contributed by atoms with Gasteiger partial charge in [0.1, 0.15) is 23.9 Å². The summed E-state index contributed by atoms with van der Waals surface area (Å²) in [5.74, 6) is -5.59. The number of nitrogens with one attached hydrogen (secondary N) is 3. The Labute approximate surface area is 200 Å². The molecule has 0 aliphatic heterocycles. The number of phenols is 1. The Bertz CT molecular complexity index is 952. The van der Waals surface area contributed by atoms with Crippen molar-refractivity contribution in [2.75, 3.05) is 0 Å². The highest BCUT2D eigenvalue weighted by atomic mass is 16.4. The summed E-state index contributed by atoms with van der Waals surface area (Å²) in [6.45, 7) is 1.29. The predicted octanol–water partition coefficient (Wildman–Crippen LogP) is -3.04. The smallest absolute Gasteiger partial charge is 0.326 e. The molecule has 1 aromatic rings. The topological polar surface area (TPSA) is 257 Å². The van der Waals surface area contributed by atoms with E-state index in [0.717, 1.165) is 0 Å². The zero-order valence-corrected chi connectivity index (χ0v) is 19.0.